The Morgan fingerprint density at radius 1 is 1.04 bits per heavy atom. The van der Waals surface area contributed by atoms with E-state index in [2.05, 4.69) is 0 Å². The minimum Gasteiger partial charge on any atom is -0.489 e. The van der Waals surface area contributed by atoms with Crippen molar-refractivity contribution in [1.82, 2.24) is 0 Å². The number of anilines is 1. The molecule has 0 radical (unpaired) electrons. The number of carboxylic acid groups (broad SMARTS) is 1. The number of aryl methyl sites for hydroxylation is 1. The molecule has 0 unspecified atom stereocenters. The molecule has 0 saturated heterocycles. The monoisotopic (exact) mass is 377 g/mol. The zero-order valence-electron chi connectivity index (χ0n) is 14.8. The molecular formula is C21H15NO6. The molecule has 1 aromatic heterocycles. The van der Waals surface area contributed by atoms with Crippen molar-refractivity contribution in [3.63, 3.8) is 0 Å². The topological polar surface area (TPSA) is 97.1 Å². The Hall–Kier alpha value is -3.87. The van der Waals surface area contributed by atoms with Crippen molar-refractivity contribution in [1.29, 1.82) is 0 Å². The molecule has 2 heterocycles. The Morgan fingerprint density at radius 2 is 1.64 bits per heavy atom. The second-order valence-electron chi connectivity index (χ2n) is 6.27. The van der Waals surface area contributed by atoms with E-state index in [4.69, 9.17) is 14.3 Å². The minimum absolute atomic E-state index is 0.134. The van der Waals surface area contributed by atoms with Crippen molar-refractivity contribution in [3.8, 4) is 5.75 Å². The number of carboxylic acids is 1. The molecule has 1 aliphatic heterocycles. The third-order valence-electron chi connectivity index (χ3n) is 4.51. The largest absolute Gasteiger partial charge is 0.489 e. The molecule has 2 aromatic carbocycles. The van der Waals surface area contributed by atoms with Gasteiger partial charge >= 0.3 is 5.97 Å². The highest BCUT2D eigenvalue weighted by Crippen LogP contribution is 2.29. The number of fused-ring (bicyclic) bond motifs is 1. The van der Waals surface area contributed by atoms with Gasteiger partial charge in [0.1, 0.15) is 18.1 Å². The smallest absolute Gasteiger partial charge is 0.371 e. The van der Waals surface area contributed by atoms with Gasteiger partial charge in [0.2, 0.25) is 5.76 Å². The quantitative estimate of drug-likeness (QED) is 0.682. The summed E-state index contributed by atoms with van der Waals surface area (Å²) >= 11 is 0. The zero-order chi connectivity index (χ0) is 19.8. The first kappa shape index (κ1) is 17.5. The second-order valence-corrected chi connectivity index (χ2v) is 6.27. The first-order chi connectivity index (χ1) is 13.5. The van der Waals surface area contributed by atoms with Crippen LogP contribution in [0.3, 0.4) is 0 Å². The summed E-state index contributed by atoms with van der Waals surface area (Å²) in [4.78, 5) is 37.1. The molecule has 4 rings (SSSR count). The molecule has 7 nitrogen and oxygen atoms in total. The second kappa shape index (κ2) is 6.70. The fourth-order valence-electron chi connectivity index (χ4n) is 3.04. The average Bonchev–Trinajstić information content (AvgIpc) is 3.19. The number of amides is 2. The number of aromatic carboxylic acids is 1. The summed E-state index contributed by atoms with van der Waals surface area (Å²) in [5, 5.41) is 8.96. The van der Waals surface area contributed by atoms with Crippen LogP contribution in [0.5, 0.6) is 5.75 Å². The Kier molecular flexibility index (Phi) is 4.19. The van der Waals surface area contributed by atoms with E-state index in [1.165, 1.54) is 6.07 Å². The van der Waals surface area contributed by atoms with Gasteiger partial charge in [-0.1, -0.05) is 12.1 Å². The van der Waals surface area contributed by atoms with Gasteiger partial charge in [-0.15, -0.1) is 0 Å². The number of furan rings is 1. The minimum atomic E-state index is -1.14. The third-order valence-corrected chi connectivity index (χ3v) is 4.51. The molecule has 0 spiro atoms. The van der Waals surface area contributed by atoms with Crippen LogP contribution in [0.4, 0.5) is 5.69 Å². The summed E-state index contributed by atoms with van der Waals surface area (Å²) in [6.45, 7) is 1.80. The maximum Gasteiger partial charge on any atom is 0.371 e. The van der Waals surface area contributed by atoms with Crippen LogP contribution < -0.4 is 9.64 Å². The van der Waals surface area contributed by atoms with Crippen LogP contribution in [-0.2, 0) is 6.61 Å². The van der Waals surface area contributed by atoms with Crippen molar-refractivity contribution in [2.75, 3.05) is 4.90 Å². The lowest BCUT2D eigenvalue weighted by Gasteiger charge is -2.14. The highest BCUT2D eigenvalue weighted by atomic mass is 16.5. The summed E-state index contributed by atoms with van der Waals surface area (Å²) in [5.41, 5.74) is 1.85. The maximum atomic E-state index is 12.5. The van der Waals surface area contributed by atoms with E-state index in [1.54, 1.807) is 55.5 Å². The van der Waals surface area contributed by atoms with Gasteiger partial charge in [0.25, 0.3) is 11.8 Å². The fraction of sp³-hybridized carbons (Fsp3) is 0.0952. The van der Waals surface area contributed by atoms with E-state index in [-0.39, 0.29) is 24.2 Å². The fourth-order valence-corrected chi connectivity index (χ4v) is 3.04. The number of nitrogens with zero attached hydrogens (tertiary/aromatic N) is 1. The predicted molar refractivity (Wildman–Crippen MR) is 98.8 cm³/mol. The third kappa shape index (κ3) is 2.92. The van der Waals surface area contributed by atoms with E-state index in [1.807, 2.05) is 0 Å². The molecule has 3 aromatic rings. The van der Waals surface area contributed by atoms with Gasteiger partial charge < -0.3 is 14.3 Å². The van der Waals surface area contributed by atoms with Gasteiger partial charge in [0.15, 0.2) is 0 Å². The molecule has 28 heavy (non-hydrogen) atoms. The summed E-state index contributed by atoms with van der Waals surface area (Å²) in [6.07, 6.45) is 0. The summed E-state index contributed by atoms with van der Waals surface area (Å²) in [7, 11) is 0. The van der Waals surface area contributed by atoms with Gasteiger partial charge in [0, 0.05) is 5.56 Å². The predicted octanol–water partition coefficient (Wildman–Crippen LogP) is 3.67. The van der Waals surface area contributed by atoms with Crippen molar-refractivity contribution in [2.45, 2.75) is 13.5 Å². The number of benzene rings is 2. The Balaban J connectivity index is 1.49. The number of rotatable bonds is 5. The highest BCUT2D eigenvalue weighted by Gasteiger charge is 2.36. The van der Waals surface area contributed by atoms with E-state index in [0.29, 0.717) is 33.9 Å². The summed E-state index contributed by atoms with van der Waals surface area (Å²) in [5.74, 6) is -1.01. The maximum absolute atomic E-state index is 12.5. The standard InChI is InChI=1S/C21H15NO6/c1-12-13(10-18(28-12)21(25)26)11-27-15-8-6-14(7-9-15)22-19(23)16-4-2-3-5-17(16)20(22)24/h2-10H,11H2,1H3,(H,25,26). The lowest BCUT2D eigenvalue weighted by molar-refractivity contribution is 0.0660. The van der Waals surface area contributed by atoms with Gasteiger partial charge in [-0.2, -0.15) is 0 Å². The first-order valence-electron chi connectivity index (χ1n) is 8.49. The lowest BCUT2D eigenvalue weighted by atomic mass is 10.1. The molecule has 1 aliphatic rings. The number of imide groups is 1. The number of hydrogen-bond donors (Lipinski definition) is 1. The molecule has 0 saturated carbocycles. The molecule has 0 atom stereocenters. The molecular weight excluding hydrogens is 362 g/mol. The average molecular weight is 377 g/mol. The van der Waals surface area contributed by atoms with Gasteiger partial charge in [-0.05, 0) is 49.4 Å². The van der Waals surface area contributed by atoms with Crippen LogP contribution in [0.15, 0.2) is 59.0 Å². The summed E-state index contributed by atoms with van der Waals surface area (Å²) < 4.78 is 10.8. The SMILES string of the molecule is Cc1oc(C(=O)O)cc1COc1ccc(N2C(=O)c3ccccc3C2=O)cc1. The molecule has 0 fully saturated rings. The first-order valence-corrected chi connectivity index (χ1v) is 8.49. The van der Waals surface area contributed by atoms with E-state index in [0.717, 1.165) is 4.90 Å². The van der Waals surface area contributed by atoms with Gasteiger partial charge in [0.05, 0.1) is 16.8 Å². The van der Waals surface area contributed by atoms with E-state index in [9.17, 15) is 14.4 Å². The molecule has 140 valence electrons. The van der Waals surface area contributed by atoms with Crippen LogP contribution in [0.2, 0.25) is 0 Å². The van der Waals surface area contributed by atoms with Crippen molar-refractivity contribution >= 4 is 23.5 Å². The van der Waals surface area contributed by atoms with Gasteiger partial charge in [-0.3, -0.25) is 9.59 Å². The van der Waals surface area contributed by atoms with Crippen LogP contribution in [0, 0.1) is 6.92 Å². The lowest BCUT2D eigenvalue weighted by Crippen LogP contribution is -2.29. The van der Waals surface area contributed by atoms with Crippen molar-refractivity contribution < 1.29 is 28.6 Å². The van der Waals surface area contributed by atoms with Gasteiger partial charge in [-0.25, -0.2) is 9.69 Å². The van der Waals surface area contributed by atoms with Crippen molar-refractivity contribution in [3.05, 3.63) is 82.8 Å². The Morgan fingerprint density at radius 3 is 2.18 bits per heavy atom. The Bertz CT molecular complexity index is 1060. The molecule has 0 bridgehead atoms. The normalized spacial score (nSPS) is 13.0. The van der Waals surface area contributed by atoms with Crippen LogP contribution in [0.25, 0.3) is 0 Å². The number of ether oxygens (including phenoxy) is 1. The summed E-state index contributed by atoms with van der Waals surface area (Å²) in [6, 6.07) is 14.7. The molecule has 0 aliphatic carbocycles. The molecule has 7 heteroatoms. The number of carbonyl (C=O) groups excluding carboxylic acids is 2. The van der Waals surface area contributed by atoms with Crippen molar-refractivity contribution in [2.24, 2.45) is 0 Å². The zero-order valence-corrected chi connectivity index (χ0v) is 14.8. The highest BCUT2D eigenvalue weighted by molar-refractivity contribution is 6.34. The molecule has 2 amide bonds. The number of hydrogen-bond acceptors (Lipinski definition) is 5. The number of carbonyl (C=O) groups is 3. The Labute approximate surface area is 159 Å². The molecule has 1 N–H and O–H groups in total. The van der Waals surface area contributed by atoms with Crippen LogP contribution in [-0.4, -0.2) is 22.9 Å². The van der Waals surface area contributed by atoms with E-state index >= 15 is 0 Å². The van der Waals surface area contributed by atoms with Crippen LogP contribution in [0.1, 0.15) is 42.6 Å². The van der Waals surface area contributed by atoms with Crippen LogP contribution >= 0.6 is 0 Å². The van der Waals surface area contributed by atoms with E-state index < -0.39 is 5.97 Å².